The zero-order chi connectivity index (χ0) is 28.3. The zero-order valence-electron chi connectivity index (χ0n) is 26.0. The molecule has 1 saturated carbocycles. The molecule has 0 aliphatic heterocycles. The Labute approximate surface area is 245 Å². The van der Waals surface area contributed by atoms with Crippen molar-refractivity contribution in [3.05, 3.63) is 76.9 Å². The Balaban J connectivity index is 1.30. The number of benzene rings is 2. The minimum atomic E-state index is 0.359. The van der Waals surface area contributed by atoms with Crippen LogP contribution < -0.4 is 5.32 Å². The first-order valence-electron chi connectivity index (χ1n) is 16.6. The fraction of sp³-hybridized carbons (Fsp3) is 0.632. The van der Waals surface area contributed by atoms with Gasteiger partial charge in [0, 0.05) is 18.0 Å². The molecule has 0 bridgehead atoms. The van der Waals surface area contributed by atoms with Gasteiger partial charge in [0.15, 0.2) is 0 Å². The first-order chi connectivity index (χ1) is 19.2. The van der Waals surface area contributed by atoms with Gasteiger partial charge in [-0.2, -0.15) is 0 Å². The lowest BCUT2D eigenvalue weighted by Crippen LogP contribution is -2.34. The number of aromatic hydroxyl groups is 1. The van der Waals surface area contributed by atoms with Crippen LogP contribution in [0.15, 0.2) is 54.6 Å². The molecule has 2 nitrogen and oxygen atoms in total. The second-order valence-corrected chi connectivity index (χ2v) is 14.7. The fourth-order valence-corrected chi connectivity index (χ4v) is 8.52. The van der Waals surface area contributed by atoms with Crippen LogP contribution in [0, 0.1) is 29.1 Å². The average molecular weight is 542 g/mol. The van der Waals surface area contributed by atoms with Crippen molar-refractivity contribution in [3.8, 4) is 5.75 Å². The molecule has 40 heavy (non-hydrogen) atoms. The van der Waals surface area contributed by atoms with Crippen molar-refractivity contribution in [2.75, 3.05) is 0 Å². The Morgan fingerprint density at radius 3 is 2.55 bits per heavy atom. The lowest BCUT2D eigenvalue weighted by Gasteiger charge is -2.43. The van der Waals surface area contributed by atoms with Crippen molar-refractivity contribution < 1.29 is 5.11 Å². The normalized spacial score (nSPS) is 31.2. The predicted molar refractivity (Wildman–Crippen MR) is 170 cm³/mol. The van der Waals surface area contributed by atoms with Gasteiger partial charge in [-0.05, 0) is 128 Å². The summed E-state index contributed by atoms with van der Waals surface area (Å²) in [5.41, 5.74) is 5.90. The van der Waals surface area contributed by atoms with E-state index in [0.29, 0.717) is 29.2 Å². The zero-order valence-corrected chi connectivity index (χ0v) is 26.0. The van der Waals surface area contributed by atoms with Crippen molar-refractivity contribution in [3.63, 3.8) is 0 Å². The van der Waals surface area contributed by atoms with E-state index in [0.717, 1.165) is 42.9 Å². The van der Waals surface area contributed by atoms with Crippen molar-refractivity contribution in [1.82, 2.24) is 5.32 Å². The van der Waals surface area contributed by atoms with E-state index in [1.54, 1.807) is 0 Å². The number of nitrogens with one attached hydrogen (secondary N) is 1. The molecule has 0 amide bonds. The van der Waals surface area contributed by atoms with E-state index < -0.39 is 0 Å². The Hall–Kier alpha value is -2.06. The van der Waals surface area contributed by atoms with E-state index in [1.165, 1.54) is 73.6 Å². The topological polar surface area (TPSA) is 32.3 Å². The lowest BCUT2D eigenvalue weighted by molar-refractivity contribution is 0.119. The largest absolute Gasteiger partial charge is 0.508 e. The Morgan fingerprint density at radius 2 is 1.77 bits per heavy atom. The molecule has 2 aromatic carbocycles. The van der Waals surface area contributed by atoms with Gasteiger partial charge in [-0.3, -0.25) is 0 Å². The van der Waals surface area contributed by atoms with Gasteiger partial charge in [0.05, 0.1) is 0 Å². The number of rotatable bonds is 9. The summed E-state index contributed by atoms with van der Waals surface area (Å²) in [6.07, 6.45) is 18.8. The molecule has 1 fully saturated rings. The monoisotopic (exact) mass is 541 g/mol. The third kappa shape index (κ3) is 7.04. The van der Waals surface area contributed by atoms with E-state index in [1.807, 2.05) is 12.1 Å². The Bertz CT molecular complexity index is 1150. The number of phenolic OH excluding ortho intramolecular Hbond substituents is 1. The molecule has 2 N–H and O–H groups in total. The number of hydrogen-bond acceptors (Lipinski definition) is 2. The highest BCUT2D eigenvalue weighted by molar-refractivity contribution is 5.45. The van der Waals surface area contributed by atoms with Crippen LogP contribution in [0.1, 0.15) is 133 Å². The first kappa shape index (κ1) is 29.4. The maximum atomic E-state index is 10.9. The Morgan fingerprint density at radius 1 is 0.975 bits per heavy atom. The number of hydrogen-bond donors (Lipinski definition) is 2. The fourth-order valence-electron chi connectivity index (χ4n) is 8.52. The summed E-state index contributed by atoms with van der Waals surface area (Å²) in [5.74, 6) is 3.87. The van der Waals surface area contributed by atoms with Gasteiger partial charge in [0.1, 0.15) is 5.75 Å². The Kier molecular flexibility index (Phi) is 9.45. The molecule has 0 saturated heterocycles. The van der Waals surface area contributed by atoms with Crippen LogP contribution >= 0.6 is 0 Å². The molecular weight excluding hydrogens is 486 g/mol. The molecule has 0 radical (unpaired) electrons. The minimum absolute atomic E-state index is 0.359. The molecule has 2 aromatic rings. The summed E-state index contributed by atoms with van der Waals surface area (Å²) in [6, 6.07) is 16.5. The molecule has 0 spiro atoms. The predicted octanol–water partition coefficient (Wildman–Crippen LogP) is 10.1. The molecule has 7 atom stereocenters. The average Bonchev–Trinajstić information content (AvgIpc) is 2.92. The van der Waals surface area contributed by atoms with Crippen LogP contribution in [0.5, 0.6) is 5.75 Å². The van der Waals surface area contributed by atoms with Gasteiger partial charge in [-0.25, -0.2) is 0 Å². The van der Waals surface area contributed by atoms with Crippen LogP contribution in [0.2, 0.25) is 0 Å². The third-order valence-corrected chi connectivity index (χ3v) is 10.6. The second kappa shape index (κ2) is 12.8. The highest BCUT2D eigenvalue weighted by Gasteiger charge is 2.38. The summed E-state index contributed by atoms with van der Waals surface area (Å²) < 4.78 is 0. The second-order valence-electron chi connectivity index (χ2n) is 14.7. The summed E-state index contributed by atoms with van der Waals surface area (Å²) >= 11 is 0. The van der Waals surface area contributed by atoms with Crippen LogP contribution in [0.3, 0.4) is 0 Å². The molecule has 218 valence electrons. The van der Waals surface area contributed by atoms with Gasteiger partial charge >= 0.3 is 0 Å². The molecule has 0 heterocycles. The van der Waals surface area contributed by atoms with Crippen molar-refractivity contribution >= 4 is 0 Å². The lowest BCUT2D eigenvalue weighted by atomic mass is 9.61. The molecule has 2 heteroatoms. The van der Waals surface area contributed by atoms with E-state index >= 15 is 0 Å². The van der Waals surface area contributed by atoms with E-state index in [2.05, 4.69) is 82.4 Å². The molecule has 5 rings (SSSR count). The molecule has 0 aromatic heterocycles. The minimum Gasteiger partial charge on any atom is -0.508 e. The maximum Gasteiger partial charge on any atom is 0.116 e. The molecule has 3 aliphatic carbocycles. The van der Waals surface area contributed by atoms with Gasteiger partial charge in [-0.15, -0.1) is 0 Å². The van der Waals surface area contributed by atoms with Gasteiger partial charge in [0.25, 0.3) is 0 Å². The smallest absolute Gasteiger partial charge is 0.116 e. The van der Waals surface area contributed by atoms with Gasteiger partial charge in [0.2, 0.25) is 0 Å². The van der Waals surface area contributed by atoms with Crippen LogP contribution in [-0.4, -0.2) is 11.1 Å². The van der Waals surface area contributed by atoms with Crippen LogP contribution in [-0.2, 0) is 6.42 Å². The molecule has 3 aliphatic rings. The highest BCUT2D eigenvalue weighted by Crippen LogP contribution is 2.48. The van der Waals surface area contributed by atoms with E-state index in [-0.39, 0.29) is 0 Å². The summed E-state index contributed by atoms with van der Waals surface area (Å²) in [5, 5.41) is 14.8. The van der Waals surface area contributed by atoms with Crippen molar-refractivity contribution in [2.45, 2.75) is 123 Å². The number of allylic oxidation sites excluding steroid dienone is 2. The van der Waals surface area contributed by atoms with Crippen molar-refractivity contribution in [1.29, 1.82) is 0 Å². The van der Waals surface area contributed by atoms with Gasteiger partial charge < -0.3 is 10.4 Å². The third-order valence-electron chi connectivity index (χ3n) is 10.6. The number of phenols is 1. The van der Waals surface area contributed by atoms with Crippen LogP contribution in [0.25, 0.3) is 0 Å². The highest BCUT2D eigenvalue weighted by atomic mass is 16.3. The molecular formula is C38H55NO. The van der Waals surface area contributed by atoms with E-state index in [4.69, 9.17) is 0 Å². The van der Waals surface area contributed by atoms with Crippen molar-refractivity contribution in [2.24, 2.45) is 29.1 Å². The standard InChI is InChI=1S/C38H55NO/c1-26(2)15-16-28(4)39-37-18-17-34(35-13-6-7-14-36(35)37)31-21-30(23-33(40)24-31)20-29-11-8-12-32(22-29)38(5)19-9-10-27(3)25-38/h6-7,9,13-14,19,21,23-24,26-29,32,34,37,39-40H,8,10-12,15-18,20,22,25H2,1-5H3. The number of fused-ring (bicyclic) bond motifs is 1. The quantitative estimate of drug-likeness (QED) is 0.310. The summed E-state index contributed by atoms with van der Waals surface area (Å²) in [7, 11) is 0. The summed E-state index contributed by atoms with van der Waals surface area (Å²) in [4.78, 5) is 0. The van der Waals surface area contributed by atoms with Crippen LogP contribution in [0.4, 0.5) is 0 Å². The maximum absolute atomic E-state index is 10.9. The summed E-state index contributed by atoms with van der Waals surface area (Å²) in [6.45, 7) is 11.9. The first-order valence-corrected chi connectivity index (χ1v) is 16.6. The van der Waals surface area contributed by atoms with Gasteiger partial charge in [-0.1, -0.05) is 83.0 Å². The SMILES string of the molecule is CC(C)CCC(C)NC1CCC(c2cc(O)cc(CC3CCCC(C4(C)C=CCC(C)C4)C3)c2)c2ccccc21. The van der Waals surface area contributed by atoms with E-state index in [9.17, 15) is 5.11 Å². The molecule has 7 unspecified atom stereocenters.